The number of halogens is 3. The lowest BCUT2D eigenvalue weighted by Gasteiger charge is -2.15. The van der Waals surface area contributed by atoms with Crippen LogP contribution in [0.25, 0.3) is 11.1 Å². The summed E-state index contributed by atoms with van der Waals surface area (Å²) in [4.78, 5) is 5.95. The summed E-state index contributed by atoms with van der Waals surface area (Å²) in [5.74, 6) is 0.653. The molecule has 5 nitrogen and oxygen atoms in total. The van der Waals surface area contributed by atoms with Gasteiger partial charge in [0, 0.05) is 12.1 Å². The zero-order chi connectivity index (χ0) is 20.1. The van der Waals surface area contributed by atoms with E-state index in [2.05, 4.69) is 10.3 Å². The van der Waals surface area contributed by atoms with Crippen LogP contribution in [0, 0.1) is 0 Å². The summed E-state index contributed by atoms with van der Waals surface area (Å²) in [6.07, 6.45) is -1.61. The van der Waals surface area contributed by atoms with E-state index < -0.39 is 11.7 Å². The first-order valence-electron chi connectivity index (χ1n) is 8.58. The van der Waals surface area contributed by atoms with Crippen molar-refractivity contribution in [3.8, 4) is 16.9 Å². The molecule has 0 amide bonds. The van der Waals surface area contributed by atoms with Gasteiger partial charge in [-0.25, -0.2) is 4.98 Å². The topological polar surface area (TPSA) is 50.5 Å². The van der Waals surface area contributed by atoms with Gasteiger partial charge in [-0.1, -0.05) is 12.1 Å². The quantitative estimate of drug-likeness (QED) is 0.611. The minimum atomic E-state index is -4.44. The van der Waals surface area contributed by atoms with Crippen LogP contribution in [0.5, 0.6) is 5.75 Å². The monoisotopic (exact) mass is 391 g/mol. The Hall–Kier alpha value is -3.00. The zero-order valence-electron chi connectivity index (χ0n) is 15.5. The Balaban J connectivity index is 1.89. The number of anilines is 2. The highest BCUT2D eigenvalue weighted by Crippen LogP contribution is 2.37. The molecule has 1 N–H and O–H groups in total. The van der Waals surface area contributed by atoms with E-state index in [1.165, 1.54) is 18.5 Å². The average Bonchev–Trinajstić information content (AvgIpc) is 3.15. The number of nitrogens with zero attached hydrogens (tertiary/aromatic N) is 2. The Morgan fingerprint density at radius 1 is 1.11 bits per heavy atom. The Bertz CT molecular complexity index is 892. The van der Waals surface area contributed by atoms with E-state index in [0.29, 0.717) is 29.2 Å². The van der Waals surface area contributed by atoms with Gasteiger partial charge in [0.25, 0.3) is 6.01 Å². The van der Waals surface area contributed by atoms with Crippen LogP contribution in [-0.4, -0.2) is 37.1 Å². The number of hydrogen-bond donors (Lipinski definition) is 1. The van der Waals surface area contributed by atoms with Gasteiger partial charge in [-0.05, 0) is 50.0 Å². The van der Waals surface area contributed by atoms with Gasteiger partial charge in [-0.3, -0.25) is 0 Å². The first-order valence-corrected chi connectivity index (χ1v) is 8.58. The lowest BCUT2D eigenvalue weighted by Crippen LogP contribution is -2.19. The Kier molecular flexibility index (Phi) is 5.89. The molecule has 0 unspecified atom stereocenters. The minimum absolute atomic E-state index is 0.199. The maximum absolute atomic E-state index is 13.2. The zero-order valence-corrected chi connectivity index (χ0v) is 15.5. The van der Waals surface area contributed by atoms with Crippen LogP contribution in [0.2, 0.25) is 0 Å². The van der Waals surface area contributed by atoms with Gasteiger partial charge in [-0.2, -0.15) is 13.2 Å². The van der Waals surface area contributed by atoms with E-state index in [4.69, 9.17) is 9.15 Å². The van der Waals surface area contributed by atoms with Crippen molar-refractivity contribution in [2.24, 2.45) is 0 Å². The van der Waals surface area contributed by atoms with Gasteiger partial charge in [0.15, 0.2) is 0 Å². The number of rotatable bonds is 7. The molecular formula is C20H20F3N3O2. The van der Waals surface area contributed by atoms with E-state index in [1.807, 2.05) is 19.0 Å². The van der Waals surface area contributed by atoms with Crippen LogP contribution in [-0.2, 0) is 6.18 Å². The van der Waals surface area contributed by atoms with Crippen molar-refractivity contribution < 1.29 is 22.3 Å². The smallest absolute Gasteiger partial charge is 0.416 e. The maximum atomic E-state index is 13.2. The van der Waals surface area contributed by atoms with Crippen molar-refractivity contribution in [3.63, 3.8) is 0 Å². The summed E-state index contributed by atoms with van der Waals surface area (Å²) in [6.45, 7) is 1.28. The van der Waals surface area contributed by atoms with Gasteiger partial charge in [0.2, 0.25) is 0 Å². The lowest BCUT2D eigenvalue weighted by atomic mass is 10.0. The molecule has 28 heavy (non-hydrogen) atoms. The van der Waals surface area contributed by atoms with Crippen molar-refractivity contribution >= 4 is 11.7 Å². The predicted octanol–water partition coefficient (Wildman–Crippen LogP) is 5.04. The van der Waals surface area contributed by atoms with Gasteiger partial charge in [-0.15, -0.1) is 0 Å². The fourth-order valence-electron chi connectivity index (χ4n) is 2.55. The molecule has 0 aliphatic rings. The molecule has 0 aliphatic carbocycles. The largest absolute Gasteiger partial charge is 0.492 e. The Morgan fingerprint density at radius 2 is 1.86 bits per heavy atom. The molecule has 3 rings (SSSR count). The number of nitrogens with one attached hydrogen (secondary N) is 1. The van der Waals surface area contributed by atoms with E-state index in [1.54, 1.807) is 24.3 Å². The van der Waals surface area contributed by atoms with Crippen molar-refractivity contribution in [1.82, 2.24) is 9.88 Å². The molecule has 0 fully saturated rings. The third-order valence-electron chi connectivity index (χ3n) is 3.99. The van der Waals surface area contributed by atoms with Gasteiger partial charge in [0.05, 0.1) is 17.4 Å². The lowest BCUT2D eigenvalue weighted by molar-refractivity contribution is -0.137. The number of ether oxygens (including phenoxy) is 1. The van der Waals surface area contributed by atoms with Crippen molar-refractivity contribution in [1.29, 1.82) is 0 Å². The van der Waals surface area contributed by atoms with E-state index in [-0.39, 0.29) is 6.01 Å². The maximum Gasteiger partial charge on any atom is 0.416 e. The predicted molar refractivity (Wildman–Crippen MR) is 101 cm³/mol. The fourth-order valence-corrected chi connectivity index (χ4v) is 2.55. The molecule has 1 aromatic heterocycles. The third kappa shape index (κ3) is 5.04. The molecule has 0 bridgehead atoms. The number of oxazole rings is 1. The van der Waals surface area contributed by atoms with Gasteiger partial charge in [0.1, 0.15) is 18.6 Å². The van der Waals surface area contributed by atoms with E-state index >= 15 is 0 Å². The molecule has 8 heteroatoms. The van der Waals surface area contributed by atoms with Gasteiger partial charge < -0.3 is 19.4 Å². The molecule has 3 aromatic rings. The van der Waals surface area contributed by atoms with Crippen molar-refractivity contribution in [2.45, 2.75) is 6.18 Å². The van der Waals surface area contributed by atoms with Crippen LogP contribution in [0.3, 0.4) is 0 Å². The molecule has 0 radical (unpaired) electrons. The fraction of sp³-hybridized carbons (Fsp3) is 0.250. The van der Waals surface area contributed by atoms with Crippen molar-refractivity contribution in [2.75, 3.05) is 32.6 Å². The second kappa shape index (κ2) is 8.35. The third-order valence-corrected chi connectivity index (χ3v) is 3.99. The number of hydrogen-bond acceptors (Lipinski definition) is 5. The summed E-state index contributed by atoms with van der Waals surface area (Å²) in [5, 5.41) is 2.91. The molecule has 1 heterocycles. The molecule has 0 spiro atoms. The standard InChI is InChI=1S/C20H20F3N3O2/c1-26(2)10-12-27-16-6-3-14(4-7-16)17-13-15(20(21,22)23)5-8-18(17)25-19-24-9-11-28-19/h3-9,11,13H,10,12H2,1-2H3,(H,24,25). The molecule has 148 valence electrons. The second-order valence-electron chi connectivity index (χ2n) is 6.40. The normalized spacial score (nSPS) is 11.6. The molecule has 2 aromatic carbocycles. The number of likely N-dealkylation sites (N-methyl/N-ethyl adjacent to an activating group) is 1. The van der Waals surface area contributed by atoms with Crippen LogP contribution < -0.4 is 10.1 Å². The summed E-state index contributed by atoms with van der Waals surface area (Å²) < 4.78 is 50.3. The first-order chi connectivity index (χ1) is 13.3. The van der Waals surface area contributed by atoms with Crippen LogP contribution in [0.1, 0.15) is 5.56 Å². The summed E-state index contributed by atoms with van der Waals surface area (Å²) in [7, 11) is 3.89. The highest BCUT2D eigenvalue weighted by Gasteiger charge is 2.31. The number of benzene rings is 2. The van der Waals surface area contributed by atoms with Crippen LogP contribution in [0.15, 0.2) is 59.3 Å². The second-order valence-corrected chi connectivity index (χ2v) is 6.40. The molecule has 0 saturated heterocycles. The number of alkyl halides is 3. The van der Waals surface area contributed by atoms with E-state index in [0.717, 1.165) is 18.7 Å². The van der Waals surface area contributed by atoms with Crippen LogP contribution >= 0.6 is 0 Å². The Morgan fingerprint density at radius 3 is 2.46 bits per heavy atom. The van der Waals surface area contributed by atoms with Crippen molar-refractivity contribution in [3.05, 3.63) is 60.5 Å². The van der Waals surface area contributed by atoms with Crippen LogP contribution in [0.4, 0.5) is 24.9 Å². The highest BCUT2D eigenvalue weighted by molar-refractivity contribution is 5.80. The number of aromatic nitrogens is 1. The highest BCUT2D eigenvalue weighted by atomic mass is 19.4. The summed E-state index contributed by atoms with van der Waals surface area (Å²) in [5.41, 5.74) is 0.719. The van der Waals surface area contributed by atoms with Gasteiger partial charge >= 0.3 is 6.18 Å². The minimum Gasteiger partial charge on any atom is -0.492 e. The summed E-state index contributed by atoms with van der Waals surface area (Å²) >= 11 is 0. The molecule has 0 saturated carbocycles. The molecule has 0 atom stereocenters. The average molecular weight is 391 g/mol. The molecule has 0 aliphatic heterocycles. The summed E-state index contributed by atoms with van der Waals surface area (Å²) in [6, 6.07) is 10.6. The first kappa shape index (κ1) is 19.8. The van der Waals surface area contributed by atoms with E-state index in [9.17, 15) is 13.2 Å². The molecular weight excluding hydrogens is 371 g/mol. The Labute approximate surface area is 160 Å². The SMILES string of the molecule is CN(C)CCOc1ccc(-c2cc(C(F)(F)F)ccc2Nc2ncco2)cc1.